The number of aromatic amines is 1. The molecule has 0 saturated heterocycles. The Morgan fingerprint density at radius 2 is 2.17 bits per heavy atom. The van der Waals surface area contributed by atoms with Crippen LogP contribution in [0.15, 0.2) is 55.1 Å². The second-order valence-corrected chi connectivity index (χ2v) is 6.41. The Hall–Kier alpha value is -3.72. The summed E-state index contributed by atoms with van der Waals surface area (Å²) in [5, 5.41) is 19.1. The number of ether oxygens (including phenoxy) is 1. The minimum Gasteiger partial charge on any atom is -0.497 e. The first-order chi connectivity index (χ1) is 14.1. The van der Waals surface area contributed by atoms with Gasteiger partial charge in [-0.05, 0) is 35.4 Å². The molecule has 1 amide bonds. The summed E-state index contributed by atoms with van der Waals surface area (Å²) in [5.41, 5.74) is 2.96. The van der Waals surface area contributed by atoms with Crippen LogP contribution in [0.1, 0.15) is 22.2 Å². The maximum Gasteiger partial charge on any atom is 0.288 e. The highest BCUT2D eigenvalue weighted by molar-refractivity contribution is 5.92. The molecule has 1 aromatic carbocycles. The third-order valence-electron chi connectivity index (χ3n) is 4.59. The summed E-state index contributed by atoms with van der Waals surface area (Å²) in [6, 6.07) is 6.94. The monoisotopic (exact) mass is 395 g/mol. The van der Waals surface area contributed by atoms with E-state index in [9.17, 15) is 14.3 Å². The van der Waals surface area contributed by atoms with Crippen molar-refractivity contribution in [3.05, 3.63) is 72.3 Å². The van der Waals surface area contributed by atoms with Crippen LogP contribution in [-0.2, 0) is 0 Å². The van der Waals surface area contributed by atoms with Gasteiger partial charge in [-0.2, -0.15) is 5.10 Å². The van der Waals surface area contributed by atoms with Gasteiger partial charge in [0.15, 0.2) is 0 Å². The summed E-state index contributed by atoms with van der Waals surface area (Å²) < 4.78 is 20.5. The summed E-state index contributed by atoms with van der Waals surface area (Å²) in [6.45, 7) is -0.410. The molecule has 0 radical (unpaired) electrons. The van der Waals surface area contributed by atoms with Crippen LogP contribution in [0.25, 0.3) is 16.6 Å². The van der Waals surface area contributed by atoms with E-state index in [1.54, 1.807) is 35.3 Å². The molecule has 29 heavy (non-hydrogen) atoms. The van der Waals surface area contributed by atoms with Gasteiger partial charge in [0.05, 0.1) is 37.7 Å². The summed E-state index contributed by atoms with van der Waals surface area (Å²) >= 11 is 0. The minimum atomic E-state index is -0.815. The van der Waals surface area contributed by atoms with E-state index in [1.807, 2.05) is 12.1 Å². The number of nitrogens with zero attached hydrogens (tertiary/aromatic N) is 3. The number of fused-ring (bicyclic) bond motifs is 1. The Balaban J connectivity index is 1.60. The van der Waals surface area contributed by atoms with Crippen LogP contribution in [-0.4, -0.2) is 44.3 Å². The molecule has 0 unspecified atom stereocenters. The van der Waals surface area contributed by atoms with Crippen LogP contribution in [0.4, 0.5) is 4.39 Å². The standard InChI is InChI=1S/C20H18FN5O3/c1-29-17-6-13(4-15(21)7-17)18(11-27)25-20(28)19-22-10-16-5-12(2-3-26(16)19)14-8-23-24-9-14/h2-10,18,27H,11H2,1H3,(H,23,24)(H,25,28)/t18-/m1/s1. The average Bonchev–Trinajstić information content (AvgIpc) is 3.40. The zero-order chi connectivity index (χ0) is 20.4. The summed E-state index contributed by atoms with van der Waals surface area (Å²) in [5.74, 6) is -0.570. The van der Waals surface area contributed by atoms with Crippen molar-refractivity contribution in [2.24, 2.45) is 0 Å². The molecule has 0 fully saturated rings. The lowest BCUT2D eigenvalue weighted by atomic mass is 10.1. The summed E-state index contributed by atoms with van der Waals surface area (Å²) in [4.78, 5) is 17.0. The number of H-pyrrole nitrogens is 1. The fourth-order valence-corrected chi connectivity index (χ4v) is 3.12. The first-order valence-electron chi connectivity index (χ1n) is 8.81. The number of aliphatic hydroxyl groups is 1. The van der Waals surface area contributed by atoms with Crippen LogP contribution in [0.5, 0.6) is 5.75 Å². The molecule has 9 heteroatoms. The number of halogens is 1. The van der Waals surface area contributed by atoms with Gasteiger partial charge in [0.2, 0.25) is 5.82 Å². The van der Waals surface area contributed by atoms with Gasteiger partial charge in [0, 0.05) is 24.0 Å². The van der Waals surface area contributed by atoms with Crippen LogP contribution < -0.4 is 10.1 Å². The molecule has 148 valence electrons. The number of aromatic nitrogens is 4. The van der Waals surface area contributed by atoms with Crippen molar-refractivity contribution in [1.82, 2.24) is 24.9 Å². The lowest BCUT2D eigenvalue weighted by molar-refractivity contribution is 0.0904. The Morgan fingerprint density at radius 3 is 2.90 bits per heavy atom. The number of carbonyl (C=O) groups is 1. The van der Waals surface area contributed by atoms with E-state index in [-0.39, 0.29) is 5.82 Å². The Labute approximate surface area is 165 Å². The number of hydrogen-bond acceptors (Lipinski definition) is 5. The van der Waals surface area contributed by atoms with E-state index in [2.05, 4.69) is 20.5 Å². The van der Waals surface area contributed by atoms with Crippen molar-refractivity contribution in [1.29, 1.82) is 0 Å². The number of rotatable bonds is 6. The lowest BCUT2D eigenvalue weighted by Gasteiger charge is -2.17. The predicted octanol–water partition coefficient (Wildman–Crippen LogP) is 2.34. The third kappa shape index (κ3) is 3.67. The molecule has 3 aromatic heterocycles. The Kier molecular flexibility index (Phi) is 4.96. The number of imidazole rings is 1. The van der Waals surface area contributed by atoms with Crippen LogP contribution in [0.3, 0.4) is 0 Å². The number of nitrogens with one attached hydrogen (secondary N) is 2. The highest BCUT2D eigenvalue weighted by Gasteiger charge is 2.20. The number of aliphatic hydroxyl groups excluding tert-OH is 1. The number of amides is 1. The molecule has 3 heterocycles. The SMILES string of the molecule is COc1cc(F)cc([C@@H](CO)NC(=O)c2ncc3cc(-c4cn[nH]c4)ccn23)c1. The molecule has 0 bridgehead atoms. The Morgan fingerprint density at radius 1 is 1.31 bits per heavy atom. The van der Waals surface area contributed by atoms with Gasteiger partial charge in [0.1, 0.15) is 11.6 Å². The van der Waals surface area contributed by atoms with E-state index in [1.165, 1.54) is 19.2 Å². The molecule has 4 aromatic rings. The molecule has 0 aliphatic carbocycles. The van der Waals surface area contributed by atoms with Crippen molar-refractivity contribution in [3.8, 4) is 16.9 Å². The fourth-order valence-electron chi connectivity index (χ4n) is 3.12. The second-order valence-electron chi connectivity index (χ2n) is 6.41. The molecule has 0 saturated carbocycles. The average molecular weight is 395 g/mol. The molecule has 0 aliphatic heterocycles. The number of pyridine rings is 1. The first kappa shape index (κ1) is 18.6. The van der Waals surface area contributed by atoms with Crippen LogP contribution >= 0.6 is 0 Å². The number of benzene rings is 1. The highest BCUT2D eigenvalue weighted by Crippen LogP contribution is 2.23. The van der Waals surface area contributed by atoms with E-state index in [0.29, 0.717) is 11.3 Å². The second kappa shape index (κ2) is 7.72. The van der Waals surface area contributed by atoms with Crippen molar-refractivity contribution in [3.63, 3.8) is 0 Å². The maximum absolute atomic E-state index is 13.8. The molecule has 8 nitrogen and oxygen atoms in total. The molecule has 3 N–H and O–H groups in total. The third-order valence-corrected chi connectivity index (χ3v) is 4.59. The fraction of sp³-hybridized carbons (Fsp3) is 0.150. The van der Waals surface area contributed by atoms with Gasteiger partial charge < -0.3 is 15.2 Å². The van der Waals surface area contributed by atoms with Crippen molar-refractivity contribution in [2.45, 2.75) is 6.04 Å². The number of hydrogen-bond donors (Lipinski definition) is 3. The van der Waals surface area contributed by atoms with Gasteiger partial charge in [-0.15, -0.1) is 0 Å². The van der Waals surface area contributed by atoms with Crippen LogP contribution in [0.2, 0.25) is 0 Å². The van der Waals surface area contributed by atoms with E-state index >= 15 is 0 Å². The van der Waals surface area contributed by atoms with Gasteiger partial charge in [-0.25, -0.2) is 9.37 Å². The van der Waals surface area contributed by atoms with Crippen molar-refractivity contribution in [2.75, 3.05) is 13.7 Å². The highest BCUT2D eigenvalue weighted by atomic mass is 19.1. The van der Waals surface area contributed by atoms with Crippen molar-refractivity contribution < 1.29 is 19.0 Å². The summed E-state index contributed by atoms with van der Waals surface area (Å²) in [7, 11) is 1.42. The van der Waals surface area contributed by atoms with Gasteiger partial charge in [0.25, 0.3) is 5.91 Å². The van der Waals surface area contributed by atoms with E-state index < -0.39 is 24.4 Å². The van der Waals surface area contributed by atoms with Crippen LogP contribution in [0, 0.1) is 5.82 Å². The zero-order valence-electron chi connectivity index (χ0n) is 15.5. The smallest absolute Gasteiger partial charge is 0.288 e. The Bertz CT molecular complexity index is 1160. The molecule has 4 rings (SSSR count). The van der Waals surface area contributed by atoms with E-state index in [4.69, 9.17) is 4.74 Å². The minimum absolute atomic E-state index is 0.153. The molecular weight excluding hydrogens is 377 g/mol. The lowest BCUT2D eigenvalue weighted by Crippen LogP contribution is -2.32. The zero-order valence-corrected chi connectivity index (χ0v) is 15.5. The van der Waals surface area contributed by atoms with Gasteiger partial charge >= 0.3 is 0 Å². The number of methoxy groups -OCH3 is 1. The normalized spacial score (nSPS) is 12.1. The van der Waals surface area contributed by atoms with Gasteiger partial charge in [-0.3, -0.25) is 14.3 Å². The number of carbonyl (C=O) groups excluding carboxylic acids is 1. The molecule has 1 atom stereocenters. The molecule has 0 aliphatic rings. The predicted molar refractivity (Wildman–Crippen MR) is 103 cm³/mol. The molecule has 0 spiro atoms. The topological polar surface area (TPSA) is 105 Å². The molecular formula is C20H18FN5O3. The summed E-state index contributed by atoms with van der Waals surface area (Å²) in [6.07, 6.45) is 6.79. The largest absolute Gasteiger partial charge is 0.497 e. The van der Waals surface area contributed by atoms with Gasteiger partial charge in [-0.1, -0.05) is 0 Å². The first-order valence-corrected chi connectivity index (χ1v) is 8.81. The quantitative estimate of drug-likeness (QED) is 0.465. The maximum atomic E-state index is 13.8. The van der Waals surface area contributed by atoms with Crippen molar-refractivity contribution >= 4 is 11.4 Å². The van der Waals surface area contributed by atoms with E-state index in [0.717, 1.165) is 16.6 Å².